The highest BCUT2D eigenvalue weighted by molar-refractivity contribution is 5.71. The van der Waals surface area contributed by atoms with Crippen molar-refractivity contribution in [3.05, 3.63) is 109 Å². The van der Waals surface area contributed by atoms with E-state index in [0.717, 1.165) is 96.3 Å². The van der Waals surface area contributed by atoms with Crippen LogP contribution in [0.5, 0.6) is 0 Å². The first-order chi connectivity index (χ1) is 40.6. The number of aliphatic carboxylic acids is 1. The molecule has 9 nitrogen and oxygen atoms in total. The van der Waals surface area contributed by atoms with Crippen molar-refractivity contribution in [3.63, 3.8) is 0 Å². The van der Waals surface area contributed by atoms with Crippen LogP contribution < -0.4 is 0 Å². The van der Waals surface area contributed by atoms with Crippen LogP contribution in [0.1, 0.15) is 284 Å². The lowest BCUT2D eigenvalue weighted by Gasteiger charge is -2.25. The van der Waals surface area contributed by atoms with E-state index < -0.39 is 24.3 Å². The second-order valence-electron chi connectivity index (χ2n) is 23.7. The van der Waals surface area contributed by atoms with Crippen LogP contribution in [0, 0.1) is 0 Å². The van der Waals surface area contributed by atoms with E-state index in [2.05, 4.69) is 123 Å². The number of quaternary nitrogens is 1. The summed E-state index contributed by atoms with van der Waals surface area (Å²) < 4.78 is 23.0. The Bertz CT molecular complexity index is 1730. The molecule has 9 heteroatoms. The number of likely N-dealkylation sites (N-methyl/N-ethyl adjacent to an activating group) is 1. The number of nitrogens with zero attached hydrogens (tertiary/aromatic N) is 1. The summed E-state index contributed by atoms with van der Waals surface area (Å²) in [6.07, 6.45) is 86.2. The van der Waals surface area contributed by atoms with Crippen molar-refractivity contribution in [1.82, 2.24) is 0 Å². The summed E-state index contributed by atoms with van der Waals surface area (Å²) in [5, 5.41) is 9.74. The lowest BCUT2D eigenvalue weighted by atomic mass is 10.0. The molecule has 0 aromatic heterocycles. The average molecular weight is 1160 g/mol. The quantitative estimate of drug-likeness (QED) is 0.0211. The van der Waals surface area contributed by atoms with Crippen LogP contribution in [0.2, 0.25) is 0 Å². The first kappa shape index (κ1) is 79.0. The number of hydrogen-bond acceptors (Lipinski definition) is 7. The lowest BCUT2D eigenvalue weighted by molar-refractivity contribution is -0.870. The average Bonchev–Trinajstić information content (AvgIpc) is 3.46. The Labute approximate surface area is 511 Å². The van der Waals surface area contributed by atoms with E-state index in [4.69, 9.17) is 18.9 Å². The van der Waals surface area contributed by atoms with Gasteiger partial charge in [-0.05, 0) is 103 Å². The molecule has 0 aliphatic heterocycles. The number of carbonyl (C=O) groups excluding carboxylic acids is 2. The van der Waals surface area contributed by atoms with Crippen LogP contribution in [0.3, 0.4) is 0 Å². The molecular weight excluding hydrogens is 1030 g/mol. The van der Waals surface area contributed by atoms with Gasteiger partial charge >= 0.3 is 17.9 Å². The monoisotopic (exact) mass is 1160 g/mol. The van der Waals surface area contributed by atoms with Crippen molar-refractivity contribution in [2.75, 3.05) is 47.5 Å². The van der Waals surface area contributed by atoms with Crippen LogP contribution in [0.15, 0.2) is 109 Å². The summed E-state index contributed by atoms with van der Waals surface area (Å²) in [6, 6.07) is 0. The fourth-order valence-electron chi connectivity index (χ4n) is 9.32. The van der Waals surface area contributed by atoms with Crippen molar-refractivity contribution < 1.29 is 42.9 Å². The van der Waals surface area contributed by atoms with E-state index in [1.165, 1.54) is 154 Å². The predicted octanol–water partition coefficient (Wildman–Crippen LogP) is 21.0. The third kappa shape index (κ3) is 65.3. The number of carboxylic acid groups (broad SMARTS) is 1. The molecular formula is C74H128NO8+. The predicted molar refractivity (Wildman–Crippen MR) is 355 cm³/mol. The number of carboxylic acids is 1. The molecule has 0 spiro atoms. The largest absolute Gasteiger partial charge is 0.477 e. The Kier molecular flexibility index (Phi) is 60.8. The van der Waals surface area contributed by atoms with Crippen molar-refractivity contribution in [2.45, 2.75) is 296 Å². The molecule has 0 radical (unpaired) electrons. The molecule has 0 aliphatic carbocycles. The first-order valence-electron chi connectivity index (χ1n) is 34.1. The summed E-state index contributed by atoms with van der Waals surface area (Å²) >= 11 is 0. The van der Waals surface area contributed by atoms with Gasteiger partial charge in [-0.25, -0.2) is 4.79 Å². The van der Waals surface area contributed by atoms with Gasteiger partial charge in [-0.1, -0.05) is 277 Å². The summed E-state index contributed by atoms with van der Waals surface area (Å²) in [6.45, 7) is 4.76. The maximum atomic E-state index is 12.9. The Balaban J connectivity index is 4.18. The molecule has 0 fully saturated rings. The fraction of sp³-hybridized carbons (Fsp3) is 0.716. The van der Waals surface area contributed by atoms with Gasteiger partial charge in [-0.15, -0.1) is 0 Å². The van der Waals surface area contributed by atoms with Gasteiger partial charge in [0.2, 0.25) is 0 Å². The highest BCUT2D eigenvalue weighted by Gasteiger charge is 2.25. The van der Waals surface area contributed by atoms with E-state index in [1.807, 2.05) is 21.1 Å². The van der Waals surface area contributed by atoms with Gasteiger partial charge in [-0.3, -0.25) is 9.59 Å². The normalized spacial score (nSPS) is 13.4. The smallest absolute Gasteiger partial charge is 0.361 e. The number of esters is 2. The van der Waals surface area contributed by atoms with E-state index in [1.54, 1.807) is 0 Å². The highest BCUT2D eigenvalue weighted by atomic mass is 16.7. The molecule has 0 amide bonds. The molecule has 1 N–H and O–H groups in total. The van der Waals surface area contributed by atoms with E-state index in [9.17, 15) is 19.5 Å². The minimum Gasteiger partial charge on any atom is -0.477 e. The van der Waals surface area contributed by atoms with E-state index in [0.29, 0.717) is 23.9 Å². The molecule has 83 heavy (non-hydrogen) atoms. The third-order valence-electron chi connectivity index (χ3n) is 14.5. The standard InChI is InChI=1S/C74H127NO8/c1-6-8-10-12-14-16-18-20-22-24-26-28-30-32-34-36-38-40-42-44-46-48-50-52-54-56-58-60-62-64-71(76)81-68-70(69-82-74(73(78)79)80-67-66-75(3,4)5)83-72(77)65-63-61-59-57-55-53-51-49-47-45-43-41-39-37-35-33-31-29-27-25-23-21-19-17-15-13-11-9-7-2/h9,11,15,17-18,20-21,23-24,26-27,29,33,35,39,41,45,47,70,74H,6-8,10,12-14,16,19,22,25,28,30-32,34,36-38,40,42-44,46,48-69H2,1-5H3/p+1/b11-9-,17-15-,20-18-,23-21-,26-24-,29-27-,35-33-,41-39-,47-45-. The van der Waals surface area contributed by atoms with Gasteiger partial charge in [0.05, 0.1) is 34.4 Å². The molecule has 0 saturated carbocycles. The summed E-state index contributed by atoms with van der Waals surface area (Å²) in [4.78, 5) is 37.6. The SMILES string of the molecule is CC/C=C\C/C=C\C/C=C\C/C=C\C/C=C\C/C=C\C/C=C\CCCCCCCCCC(=O)OC(COC(=O)CCCCCCCCCCCCCCCCCCC/C=C\C/C=C\CCCCCCC)COC(OCC[N+](C)(C)C)C(=O)O. The van der Waals surface area contributed by atoms with Gasteiger partial charge in [-0.2, -0.15) is 0 Å². The minimum atomic E-state index is -1.52. The minimum absolute atomic E-state index is 0.181. The van der Waals surface area contributed by atoms with Crippen LogP contribution in [-0.4, -0.2) is 87.4 Å². The van der Waals surface area contributed by atoms with Crippen LogP contribution in [0.4, 0.5) is 0 Å². The zero-order valence-corrected chi connectivity index (χ0v) is 54.3. The van der Waals surface area contributed by atoms with Crippen molar-refractivity contribution in [2.24, 2.45) is 0 Å². The third-order valence-corrected chi connectivity index (χ3v) is 14.5. The summed E-state index contributed by atoms with van der Waals surface area (Å²) in [7, 11) is 5.97. The number of rotatable bonds is 62. The Hall–Kier alpha value is -4.05. The molecule has 0 heterocycles. The molecule has 0 bridgehead atoms. The van der Waals surface area contributed by atoms with Gasteiger partial charge in [0.1, 0.15) is 13.2 Å². The number of allylic oxidation sites excluding steroid dienone is 18. The van der Waals surface area contributed by atoms with Crippen molar-refractivity contribution in [1.29, 1.82) is 0 Å². The lowest BCUT2D eigenvalue weighted by Crippen LogP contribution is -2.40. The number of ether oxygens (including phenoxy) is 4. The van der Waals surface area contributed by atoms with E-state index >= 15 is 0 Å². The zero-order valence-electron chi connectivity index (χ0n) is 54.3. The van der Waals surface area contributed by atoms with Crippen LogP contribution >= 0.6 is 0 Å². The van der Waals surface area contributed by atoms with Gasteiger partial charge in [0, 0.05) is 12.8 Å². The molecule has 0 aromatic carbocycles. The molecule has 0 saturated heterocycles. The van der Waals surface area contributed by atoms with Crippen molar-refractivity contribution in [3.8, 4) is 0 Å². The number of carbonyl (C=O) groups is 3. The Morgan fingerprint density at radius 3 is 1.02 bits per heavy atom. The second kappa shape index (κ2) is 64.0. The number of unbranched alkanes of at least 4 members (excludes halogenated alkanes) is 29. The topological polar surface area (TPSA) is 108 Å². The summed E-state index contributed by atoms with van der Waals surface area (Å²) in [5.74, 6) is -2.02. The molecule has 476 valence electrons. The fourth-order valence-corrected chi connectivity index (χ4v) is 9.32. The second-order valence-corrected chi connectivity index (χ2v) is 23.7. The molecule has 2 unspecified atom stereocenters. The van der Waals surface area contributed by atoms with E-state index in [-0.39, 0.29) is 32.2 Å². The maximum Gasteiger partial charge on any atom is 0.361 e. The first-order valence-corrected chi connectivity index (χ1v) is 34.1. The molecule has 0 rings (SSSR count). The Morgan fingerprint density at radius 1 is 0.373 bits per heavy atom. The van der Waals surface area contributed by atoms with Crippen LogP contribution in [0.25, 0.3) is 0 Å². The van der Waals surface area contributed by atoms with Gasteiger partial charge in [0.25, 0.3) is 6.29 Å². The van der Waals surface area contributed by atoms with Gasteiger partial charge < -0.3 is 28.5 Å². The maximum absolute atomic E-state index is 12.9. The van der Waals surface area contributed by atoms with Crippen LogP contribution in [-0.2, 0) is 33.3 Å². The Morgan fingerprint density at radius 2 is 0.687 bits per heavy atom. The molecule has 2 atom stereocenters. The van der Waals surface area contributed by atoms with Gasteiger partial charge in [0.15, 0.2) is 6.10 Å². The molecule has 0 aliphatic rings. The van der Waals surface area contributed by atoms with Crippen molar-refractivity contribution >= 4 is 17.9 Å². The zero-order chi connectivity index (χ0) is 60.5. The highest BCUT2D eigenvalue weighted by Crippen LogP contribution is 2.17. The molecule has 0 aromatic rings. The number of hydrogen-bond donors (Lipinski definition) is 1. The summed E-state index contributed by atoms with van der Waals surface area (Å²) in [5.41, 5.74) is 0.